The summed E-state index contributed by atoms with van der Waals surface area (Å²) < 4.78 is 18.2. The zero-order valence-electron chi connectivity index (χ0n) is 10.8. The van der Waals surface area contributed by atoms with Crippen LogP contribution in [0, 0.1) is 5.82 Å². The molecule has 4 nitrogen and oxygen atoms in total. The molecule has 19 heavy (non-hydrogen) atoms. The van der Waals surface area contributed by atoms with Crippen molar-refractivity contribution >= 4 is 18.3 Å². The number of hydrogen-bond acceptors (Lipinski definition) is 3. The first kappa shape index (κ1) is 15.7. The van der Waals surface area contributed by atoms with Gasteiger partial charge in [0.15, 0.2) is 11.6 Å². The van der Waals surface area contributed by atoms with E-state index in [2.05, 4.69) is 0 Å². The molecule has 1 aliphatic heterocycles. The zero-order valence-corrected chi connectivity index (χ0v) is 11.6. The maximum Gasteiger partial charge on any atom is 0.254 e. The topological polar surface area (TPSA) is 55.6 Å². The fraction of sp³-hybridized carbons (Fsp3) is 0.462. The summed E-state index contributed by atoms with van der Waals surface area (Å²) in [5, 5.41) is 0. The summed E-state index contributed by atoms with van der Waals surface area (Å²) in [7, 11) is 1.38. The summed E-state index contributed by atoms with van der Waals surface area (Å²) in [4.78, 5) is 14.0. The summed E-state index contributed by atoms with van der Waals surface area (Å²) in [5.74, 6) is -0.489. The highest BCUT2D eigenvalue weighted by Crippen LogP contribution is 2.23. The first-order valence-electron chi connectivity index (χ1n) is 6.02. The molecular weight excluding hydrogens is 271 g/mol. The second kappa shape index (κ2) is 6.73. The molecular formula is C13H18ClFN2O2. The lowest BCUT2D eigenvalue weighted by Crippen LogP contribution is -2.39. The average molecular weight is 289 g/mol. The van der Waals surface area contributed by atoms with E-state index in [0.717, 1.165) is 12.8 Å². The molecule has 1 heterocycles. The van der Waals surface area contributed by atoms with Gasteiger partial charge in [-0.1, -0.05) is 0 Å². The molecule has 0 spiro atoms. The van der Waals surface area contributed by atoms with Gasteiger partial charge in [-0.25, -0.2) is 4.39 Å². The molecule has 1 aliphatic rings. The molecule has 6 heteroatoms. The summed E-state index contributed by atoms with van der Waals surface area (Å²) in [6.07, 6.45) is 1.90. The van der Waals surface area contributed by atoms with Crippen LogP contribution in [0.1, 0.15) is 23.2 Å². The molecule has 0 aromatic heterocycles. The van der Waals surface area contributed by atoms with E-state index in [9.17, 15) is 9.18 Å². The van der Waals surface area contributed by atoms with Gasteiger partial charge in [0.1, 0.15) is 0 Å². The predicted octanol–water partition coefficient (Wildman–Crippen LogP) is 1.82. The third-order valence-electron chi connectivity index (χ3n) is 3.31. The molecule has 1 fully saturated rings. The third kappa shape index (κ3) is 3.16. The van der Waals surface area contributed by atoms with Crippen molar-refractivity contribution in [3.8, 4) is 5.75 Å². The van der Waals surface area contributed by atoms with Gasteiger partial charge in [0.25, 0.3) is 5.91 Å². The van der Waals surface area contributed by atoms with Gasteiger partial charge in [0.2, 0.25) is 0 Å². The largest absolute Gasteiger partial charge is 0.494 e. The van der Waals surface area contributed by atoms with Crippen LogP contribution in [-0.2, 0) is 0 Å². The Balaban J connectivity index is 0.00000180. The Hall–Kier alpha value is -1.33. The number of ether oxygens (including phenoxy) is 1. The number of carbonyl (C=O) groups excluding carboxylic acids is 1. The number of amides is 1. The molecule has 0 bridgehead atoms. The number of halogens is 2. The minimum Gasteiger partial charge on any atom is -0.494 e. The second-order valence-electron chi connectivity index (χ2n) is 4.38. The highest BCUT2D eigenvalue weighted by Gasteiger charge is 2.28. The van der Waals surface area contributed by atoms with Crippen LogP contribution in [0.3, 0.4) is 0 Å². The number of carbonyl (C=O) groups is 1. The number of nitrogens with zero attached hydrogens (tertiary/aromatic N) is 1. The highest BCUT2D eigenvalue weighted by atomic mass is 35.5. The lowest BCUT2D eigenvalue weighted by molar-refractivity contribution is 0.0740. The monoisotopic (exact) mass is 288 g/mol. The summed E-state index contributed by atoms with van der Waals surface area (Å²) >= 11 is 0. The lowest BCUT2D eigenvalue weighted by Gasteiger charge is -2.23. The van der Waals surface area contributed by atoms with Crippen LogP contribution in [0.5, 0.6) is 5.75 Å². The summed E-state index contributed by atoms with van der Waals surface area (Å²) in [5.41, 5.74) is 6.08. The molecule has 1 aromatic carbocycles. The van der Waals surface area contributed by atoms with Crippen LogP contribution in [0.15, 0.2) is 18.2 Å². The van der Waals surface area contributed by atoms with Crippen molar-refractivity contribution in [1.82, 2.24) is 4.90 Å². The Kier molecular flexibility index (Phi) is 5.57. The van der Waals surface area contributed by atoms with Gasteiger partial charge < -0.3 is 15.4 Å². The fourth-order valence-corrected chi connectivity index (χ4v) is 2.31. The van der Waals surface area contributed by atoms with Gasteiger partial charge in [-0.15, -0.1) is 12.4 Å². The molecule has 1 aromatic rings. The normalized spacial score (nSPS) is 18.1. The Morgan fingerprint density at radius 3 is 2.95 bits per heavy atom. The van der Waals surface area contributed by atoms with E-state index in [0.29, 0.717) is 18.7 Å². The van der Waals surface area contributed by atoms with Crippen LogP contribution < -0.4 is 10.5 Å². The Morgan fingerprint density at radius 1 is 1.58 bits per heavy atom. The Labute approximate surface area is 118 Å². The molecule has 1 amide bonds. The average Bonchev–Trinajstić information content (AvgIpc) is 2.86. The molecule has 0 aliphatic carbocycles. The molecule has 0 radical (unpaired) electrons. The third-order valence-corrected chi connectivity index (χ3v) is 3.31. The van der Waals surface area contributed by atoms with Gasteiger partial charge in [-0.2, -0.15) is 0 Å². The van der Waals surface area contributed by atoms with Crippen LogP contribution >= 0.6 is 12.4 Å². The van der Waals surface area contributed by atoms with Crippen molar-refractivity contribution in [1.29, 1.82) is 0 Å². The summed E-state index contributed by atoms with van der Waals surface area (Å²) in [6.45, 7) is 1.17. The fourth-order valence-electron chi connectivity index (χ4n) is 2.31. The molecule has 0 saturated carbocycles. The molecule has 106 valence electrons. The van der Waals surface area contributed by atoms with E-state index in [1.807, 2.05) is 0 Å². The van der Waals surface area contributed by atoms with Crippen molar-refractivity contribution in [3.05, 3.63) is 29.6 Å². The standard InChI is InChI=1S/C13H17FN2O2.ClH/c1-18-12-7-9(4-5-11(12)14)13(17)16-6-2-3-10(16)8-15;/h4-5,7,10H,2-3,6,8,15H2,1H3;1H. The van der Waals surface area contributed by atoms with E-state index in [-0.39, 0.29) is 30.1 Å². The highest BCUT2D eigenvalue weighted by molar-refractivity contribution is 5.95. The van der Waals surface area contributed by atoms with E-state index in [4.69, 9.17) is 10.5 Å². The van der Waals surface area contributed by atoms with Crippen molar-refractivity contribution in [3.63, 3.8) is 0 Å². The predicted molar refractivity (Wildman–Crippen MR) is 73.3 cm³/mol. The first-order chi connectivity index (χ1) is 8.67. The van der Waals surface area contributed by atoms with Crippen LogP contribution in [-0.4, -0.2) is 37.0 Å². The number of hydrogen-bond donors (Lipinski definition) is 1. The Morgan fingerprint density at radius 2 is 2.32 bits per heavy atom. The summed E-state index contributed by atoms with van der Waals surface area (Å²) in [6, 6.07) is 4.25. The van der Waals surface area contributed by atoms with Gasteiger partial charge in [0, 0.05) is 24.7 Å². The minimum absolute atomic E-state index is 0. The van der Waals surface area contributed by atoms with Crippen molar-refractivity contribution in [2.24, 2.45) is 5.73 Å². The Bertz CT molecular complexity index is 456. The van der Waals surface area contributed by atoms with Crippen LogP contribution in [0.4, 0.5) is 4.39 Å². The van der Waals surface area contributed by atoms with Gasteiger partial charge in [-0.3, -0.25) is 4.79 Å². The molecule has 1 unspecified atom stereocenters. The number of nitrogens with two attached hydrogens (primary N) is 1. The van der Waals surface area contributed by atoms with Gasteiger partial charge >= 0.3 is 0 Å². The maximum atomic E-state index is 13.3. The number of benzene rings is 1. The molecule has 2 rings (SSSR count). The molecule has 1 saturated heterocycles. The number of methoxy groups -OCH3 is 1. The SMILES string of the molecule is COc1cc(C(=O)N2CCCC2CN)ccc1F.Cl. The van der Waals surface area contributed by atoms with Crippen LogP contribution in [0.2, 0.25) is 0 Å². The van der Waals surface area contributed by atoms with Crippen molar-refractivity contribution in [2.45, 2.75) is 18.9 Å². The van der Waals surface area contributed by atoms with E-state index in [1.54, 1.807) is 4.90 Å². The van der Waals surface area contributed by atoms with Crippen molar-refractivity contribution in [2.75, 3.05) is 20.2 Å². The van der Waals surface area contributed by atoms with E-state index >= 15 is 0 Å². The zero-order chi connectivity index (χ0) is 13.1. The lowest BCUT2D eigenvalue weighted by atomic mass is 10.1. The van der Waals surface area contributed by atoms with E-state index < -0.39 is 5.82 Å². The van der Waals surface area contributed by atoms with Gasteiger partial charge in [0.05, 0.1) is 7.11 Å². The minimum atomic E-state index is -0.467. The second-order valence-corrected chi connectivity index (χ2v) is 4.38. The number of likely N-dealkylation sites (tertiary alicyclic amines) is 1. The smallest absolute Gasteiger partial charge is 0.254 e. The van der Waals surface area contributed by atoms with Gasteiger partial charge in [-0.05, 0) is 31.0 Å². The van der Waals surface area contributed by atoms with Crippen molar-refractivity contribution < 1.29 is 13.9 Å². The molecule has 2 N–H and O–H groups in total. The quantitative estimate of drug-likeness (QED) is 0.923. The number of rotatable bonds is 3. The maximum absolute atomic E-state index is 13.3. The first-order valence-corrected chi connectivity index (χ1v) is 6.02. The van der Waals surface area contributed by atoms with E-state index in [1.165, 1.54) is 25.3 Å². The molecule has 1 atom stereocenters. The van der Waals surface area contributed by atoms with Crippen LogP contribution in [0.25, 0.3) is 0 Å².